The number of esters is 2. The van der Waals surface area contributed by atoms with E-state index in [0.717, 1.165) is 18.8 Å². The zero-order valence-corrected chi connectivity index (χ0v) is 13.9. The zero-order chi connectivity index (χ0) is 16.6. The molecular formula is C17H18ClNO4. The van der Waals surface area contributed by atoms with Crippen molar-refractivity contribution in [2.75, 3.05) is 18.0 Å². The van der Waals surface area contributed by atoms with Gasteiger partial charge in [0.05, 0.1) is 0 Å². The predicted octanol–water partition coefficient (Wildman–Crippen LogP) is 3.16. The maximum atomic E-state index is 12.0. The van der Waals surface area contributed by atoms with Gasteiger partial charge in [0.25, 0.3) is 5.79 Å². The third-order valence-electron chi connectivity index (χ3n) is 3.87. The lowest BCUT2D eigenvalue weighted by Crippen LogP contribution is -2.41. The number of cyclic esters (lactones) is 2. The summed E-state index contributed by atoms with van der Waals surface area (Å²) in [6.45, 7) is 5.06. The lowest BCUT2D eigenvalue weighted by Gasteiger charge is -2.29. The Morgan fingerprint density at radius 2 is 1.74 bits per heavy atom. The summed E-state index contributed by atoms with van der Waals surface area (Å²) in [5.74, 6) is -2.65. The molecule has 0 aromatic heterocycles. The first kappa shape index (κ1) is 15.9. The smallest absolute Gasteiger partial charge is 0.348 e. The Bertz CT molecular complexity index is 668. The van der Waals surface area contributed by atoms with Crippen molar-refractivity contribution in [1.29, 1.82) is 0 Å². The van der Waals surface area contributed by atoms with E-state index in [4.69, 9.17) is 21.1 Å². The first-order valence-electron chi connectivity index (χ1n) is 7.59. The van der Waals surface area contributed by atoms with Gasteiger partial charge in [-0.15, -0.1) is 0 Å². The van der Waals surface area contributed by atoms with Crippen molar-refractivity contribution in [3.63, 3.8) is 0 Å². The molecule has 2 heterocycles. The van der Waals surface area contributed by atoms with Gasteiger partial charge in [-0.2, -0.15) is 0 Å². The molecule has 0 saturated carbocycles. The number of rotatable bonds is 2. The highest BCUT2D eigenvalue weighted by atomic mass is 35.5. The van der Waals surface area contributed by atoms with E-state index in [9.17, 15) is 9.59 Å². The third-order valence-corrected chi connectivity index (χ3v) is 4.20. The second-order valence-corrected chi connectivity index (χ2v) is 6.54. The fourth-order valence-electron chi connectivity index (χ4n) is 2.74. The molecular weight excluding hydrogens is 318 g/mol. The highest BCUT2D eigenvalue weighted by molar-refractivity contribution is 6.33. The molecule has 2 aliphatic rings. The van der Waals surface area contributed by atoms with Gasteiger partial charge in [-0.05, 0) is 36.6 Å². The number of carbonyl (C=O) groups excluding carboxylic acids is 2. The number of ether oxygens (including phenoxy) is 2. The lowest BCUT2D eigenvalue weighted by molar-refractivity contribution is -0.222. The standard InChI is InChI=1S/C17H18ClNO4/c1-17(2)22-15(20)13(16(21)23-17)9-11-5-6-12(10-14(11)18)19-7-3-4-8-19/h5-6,9-10H,3-4,7-8H2,1-2H3. The van der Waals surface area contributed by atoms with Gasteiger partial charge in [-0.25, -0.2) is 9.59 Å². The van der Waals surface area contributed by atoms with Crippen LogP contribution in [-0.4, -0.2) is 30.8 Å². The van der Waals surface area contributed by atoms with E-state index in [1.54, 1.807) is 6.07 Å². The number of nitrogens with zero attached hydrogens (tertiary/aromatic N) is 1. The molecule has 1 aromatic carbocycles. The fraction of sp³-hybridized carbons (Fsp3) is 0.412. The maximum absolute atomic E-state index is 12.0. The van der Waals surface area contributed by atoms with Crippen LogP contribution in [0, 0.1) is 0 Å². The highest BCUT2D eigenvalue weighted by Crippen LogP contribution is 2.29. The largest absolute Gasteiger partial charge is 0.419 e. The van der Waals surface area contributed by atoms with Gasteiger partial charge in [0.2, 0.25) is 0 Å². The van der Waals surface area contributed by atoms with Crippen LogP contribution in [0.3, 0.4) is 0 Å². The summed E-state index contributed by atoms with van der Waals surface area (Å²) in [6, 6.07) is 5.58. The van der Waals surface area contributed by atoms with Crippen molar-refractivity contribution in [3.05, 3.63) is 34.4 Å². The van der Waals surface area contributed by atoms with E-state index < -0.39 is 17.7 Å². The second kappa shape index (κ2) is 5.89. The lowest BCUT2D eigenvalue weighted by atomic mass is 10.1. The molecule has 5 nitrogen and oxygen atoms in total. The van der Waals surface area contributed by atoms with Crippen LogP contribution in [0.25, 0.3) is 6.08 Å². The Labute approximate surface area is 139 Å². The molecule has 3 rings (SSSR count). The molecule has 0 N–H and O–H groups in total. The van der Waals surface area contributed by atoms with Crippen molar-refractivity contribution in [2.24, 2.45) is 0 Å². The van der Waals surface area contributed by atoms with Crippen molar-refractivity contribution >= 4 is 35.3 Å². The summed E-state index contributed by atoms with van der Waals surface area (Å²) < 4.78 is 10.1. The van der Waals surface area contributed by atoms with Crippen molar-refractivity contribution in [2.45, 2.75) is 32.5 Å². The third kappa shape index (κ3) is 3.34. The highest BCUT2D eigenvalue weighted by Gasteiger charge is 2.38. The van der Waals surface area contributed by atoms with Gasteiger partial charge in [-0.1, -0.05) is 17.7 Å². The zero-order valence-electron chi connectivity index (χ0n) is 13.1. The summed E-state index contributed by atoms with van der Waals surface area (Å²) in [5, 5.41) is 0.479. The second-order valence-electron chi connectivity index (χ2n) is 6.14. The Balaban J connectivity index is 1.87. The normalized spacial score (nSPS) is 20.3. The van der Waals surface area contributed by atoms with E-state index in [-0.39, 0.29) is 5.57 Å². The molecule has 0 bridgehead atoms. The average Bonchev–Trinajstić information content (AvgIpc) is 2.97. The SMILES string of the molecule is CC1(C)OC(=O)C(=Cc2ccc(N3CCCC3)cc2Cl)C(=O)O1. The number of anilines is 1. The van der Waals surface area contributed by atoms with E-state index in [1.165, 1.54) is 32.8 Å². The molecule has 0 spiro atoms. The molecule has 0 radical (unpaired) electrons. The van der Waals surface area contributed by atoms with Crippen molar-refractivity contribution in [1.82, 2.24) is 0 Å². The van der Waals surface area contributed by atoms with Crippen LogP contribution in [0.15, 0.2) is 23.8 Å². The minimum absolute atomic E-state index is 0.153. The first-order chi connectivity index (χ1) is 10.9. The summed E-state index contributed by atoms with van der Waals surface area (Å²) in [7, 11) is 0. The molecule has 2 saturated heterocycles. The van der Waals surface area contributed by atoms with Crippen LogP contribution in [0.4, 0.5) is 5.69 Å². The number of halogens is 1. The minimum atomic E-state index is -1.24. The van der Waals surface area contributed by atoms with Crippen LogP contribution in [0.1, 0.15) is 32.3 Å². The molecule has 0 amide bonds. The monoisotopic (exact) mass is 335 g/mol. The average molecular weight is 336 g/mol. The number of benzene rings is 1. The quantitative estimate of drug-likeness (QED) is 0.472. The van der Waals surface area contributed by atoms with Crippen molar-refractivity contribution < 1.29 is 19.1 Å². The molecule has 2 fully saturated rings. The van der Waals surface area contributed by atoms with Gasteiger partial charge >= 0.3 is 11.9 Å². The van der Waals surface area contributed by atoms with Crippen LogP contribution in [0.2, 0.25) is 5.02 Å². The van der Waals surface area contributed by atoms with E-state index in [2.05, 4.69) is 4.90 Å². The molecule has 0 aliphatic carbocycles. The van der Waals surface area contributed by atoms with Gasteiger partial charge in [-0.3, -0.25) is 0 Å². The van der Waals surface area contributed by atoms with E-state index in [1.807, 2.05) is 12.1 Å². The molecule has 122 valence electrons. The number of carbonyl (C=O) groups is 2. The summed E-state index contributed by atoms with van der Waals surface area (Å²) in [4.78, 5) is 26.2. The maximum Gasteiger partial charge on any atom is 0.348 e. The Hall–Kier alpha value is -2.01. The van der Waals surface area contributed by atoms with Crippen molar-refractivity contribution in [3.8, 4) is 0 Å². The topological polar surface area (TPSA) is 55.8 Å². The Morgan fingerprint density at radius 1 is 1.13 bits per heavy atom. The van der Waals surface area contributed by atoms with Crippen LogP contribution >= 0.6 is 11.6 Å². The molecule has 1 aromatic rings. The van der Waals surface area contributed by atoms with E-state index in [0.29, 0.717) is 10.6 Å². The van der Waals surface area contributed by atoms with E-state index >= 15 is 0 Å². The molecule has 2 aliphatic heterocycles. The predicted molar refractivity (Wildman–Crippen MR) is 87.1 cm³/mol. The molecule has 0 atom stereocenters. The molecule has 6 heteroatoms. The summed E-state index contributed by atoms with van der Waals surface area (Å²) in [5.41, 5.74) is 1.47. The summed E-state index contributed by atoms with van der Waals surface area (Å²) in [6.07, 6.45) is 3.77. The van der Waals surface area contributed by atoms with Gasteiger partial charge in [0.1, 0.15) is 5.57 Å². The van der Waals surface area contributed by atoms with Gasteiger partial charge < -0.3 is 14.4 Å². The van der Waals surface area contributed by atoms with Gasteiger partial charge in [0, 0.05) is 37.6 Å². The number of hydrogen-bond acceptors (Lipinski definition) is 5. The first-order valence-corrected chi connectivity index (χ1v) is 7.96. The van der Waals surface area contributed by atoms with Crippen LogP contribution in [0.5, 0.6) is 0 Å². The Morgan fingerprint density at radius 3 is 2.30 bits per heavy atom. The Kier molecular flexibility index (Phi) is 4.06. The van der Waals surface area contributed by atoms with Gasteiger partial charge in [0.15, 0.2) is 0 Å². The summed E-state index contributed by atoms with van der Waals surface area (Å²) >= 11 is 6.30. The minimum Gasteiger partial charge on any atom is -0.419 e. The molecule has 0 unspecified atom stereocenters. The molecule has 23 heavy (non-hydrogen) atoms. The fourth-order valence-corrected chi connectivity index (χ4v) is 2.97. The van der Waals surface area contributed by atoms with Crippen LogP contribution in [-0.2, 0) is 19.1 Å². The van der Waals surface area contributed by atoms with Crippen LogP contribution < -0.4 is 4.90 Å². The number of hydrogen-bond donors (Lipinski definition) is 0.